The summed E-state index contributed by atoms with van der Waals surface area (Å²) in [6, 6.07) is 8.28. The molecule has 0 radical (unpaired) electrons. The van der Waals surface area contributed by atoms with Crippen molar-refractivity contribution in [2.24, 2.45) is 0 Å². The van der Waals surface area contributed by atoms with Crippen molar-refractivity contribution in [1.82, 2.24) is 0 Å². The van der Waals surface area contributed by atoms with Gasteiger partial charge >= 0.3 is 0 Å². The summed E-state index contributed by atoms with van der Waals surface area (Å²) in [4.78, 5) is 0. The van der Waals surface area contributed by atoms with Crippen molar-refractivity contribution in [3.63, 3.8) is 0 Å². The summed E-state index contributed by atoms with van der Waals surface area (Å²) in [5.41, 5.74) is 5.24. The van der Waals surface area contributed by atoms with Gasteiger partial charge in [0.05, 0.1) is 73.9 Å². The van der Waals surface area contributed by atoms with Gasteiger partial charge in [-0.2, -0.15) is 0 Å². The molecule has 0 fully saturated rings. The minimum Gasteiger partial charge on any atom is -0.0619 e. The molecule has 0 heterocycles. The molecular weight excluding hydrogens is 525 g/mol. The molecule has 0 nitrogen and oxygen atoms in total. The standard InChI is InChI=1S/C36H72P3/c1-10-19-37(20-11-2,21-12-3)31-34-28-35(32-38(22-13-4,23-14-5)24-15-6)30-36(29-34)33-39(25-16-7,26-17-8)27-18-9/h28-30H,10-27,31-33H2,1-9H3/q+3. The molecule has 0 unspecified atom stereocenters. The Labute approximate surface area is 250 Å². The summed E-state index contributed by atoms with van der Waals surface area (Å²) in [6.07, 6.45) is 30.2. The van der Waals surface area contributed by atoms with Crippen LogP contribution in [0.1, 0.15) is 137 Å². The van der Waals surface area contributed by atoms with E-state index in [1.54, 1.807) is 16.7 Å². The summed E-state index contributed by atoms with van der Waals surface area (Å²) >= 11 is 0. The zero-order valence-electron chi connectivity index (χ0n) is 28.4. The van der Waals surface area contributed by atoms with Gasteiger partial charge in [0, 0.05) is 21.8 Å². The molecule has 0 amide bonds. The van der Waals surface area contributed by atoms with E-state index in [1.807, 2.05) is 0 Å². The van der Waals surface area contributed by atoms with Gasteiger partial charge in [-0.15, -0.1) is 0 Å². The maximum absolute atomic E-state index is 2.76. The first-order valence-corrected chi connectivity index (χ1v) is 25.0. The van der Waals surface area contributed by atoms with Gasteiger partial charge in [0.25, 0.3) is 0 Å². The topological polar surface area (TPSA) is 0 Å². The minimum atomic E-state index is -0.918. The zero-order valence-corrected chi connectivity index (χ0v) is 31.1. The molecule has 1 aromatic rings. The summed E-state index contributed by atoms with van der Waals surface area (Å²) < 4.78 is 0. The second kappa shape index (κ2) is 20.4. The van der Waals surface area contributed by atoms with Crippen molar-refractivity contribution >= 4 is 21.8 Å². The molecule has 0 aliphatic rings. The summed E-state index contributed by atoms with van der Waals surface area (Å²) in [5, 5.41) is 0. The van der Waals surface area contributed by atoms with Gasteiger partial charge in [-0.1, -0.05) is 62.3 Å². The lowest BCUT2D eigenvalue weighted by atomic mass is 10.1. The van der Waals surface area contributed by atoms with Crippen LogP contribution in [0, 0.1) is 0 Å². The summed E-state index contributed by atoms with van der Waals surface area (Å²) in [7, 11) is -2.75. The van der Waals surface area contributed by atoms with Crippen LogP contribution < -0.4 is 0 Å². The van der Waals surface area contributed by atoms with Crippen LogP contribution in [0.2, 0.25) is 0 Å². The molecule has 0 saturated heterocycles. The van der Waals surface area contributed by atoms with Crippen LogP contribution in [-0.4, -0.2) is 55.5 Å². The second-order valence-corrected chi connectivity index (χ2v) is 26.2. The molecular formula is C36H72P3+3. The normalized spacial score (nSPS) is 12.8. The van der Waals surface area contributed by atoms with Crippen LogP contribution >= 0.6 is 21.8 Å². The van der Waals surface area contributed by atoms with E-state index < -0.39 is 21.8 Å². The van der Waals surface area contributed by atoms with E-state index in [0.717, 1.165) is 0 Å². The fourth-order valence-corrected chi connectivity index (χ4v) is 23.1. The largest absolute Gasteiger partial charge is 0.0843 e. The molecule has 0 aliphatic heterocycles. The smallest absolute Gasteiger partial charge is 0.0619 e. The SMILES string of the molecule is CCC[P+](CCC)(CCC)Cc1cc(C[P+](CCC)(CCC)CCC)cc(C[P+](CCC)(CCC)CCC)c1. The maximum Gasteiger partial charge on any atom is 0.0843 e. The highest BCUT2D eigenvalue weighted by Crippen LogP contribution is 2.66. The molecule has 0 aromatic heterocycles. The Morgan fingerprint density at radius 1 is 0.308 bits per heavy atom. The highest BCUT2D eigenvalue weighted by atomic mass is 31.2. The van der Waals surface area contributed by atoms with Gasteiger partial charge in [0.1, 0.15) is 0 Å². The van der Waals surface area contributed by atoms with Crippen LogP contribution in [0.3, 0.4) is 0 Å². The molecule has 0 aliphatic carbocycles. The van der Waals surface area contributed by atoms with Crippen LogP contribution in [0.25, 0.3) is 0 Å². The Bertz CT molecular complexity index is 592. The van der Waals surface area contributed by atoms with Crippen LogP contribution in [0.15, 0.2) is 18.2 Å². The van der Waals surface area contributed by atoms with E-state index in [2.05, 4.69) is 80.5 Å². The van der Waals surface area contributed by atoms with E-state index in [-0.39, 0.29) is 0 Å². The van der Waals surface area contributed by atoms with E-state index >= 15 is 0 Å². The van der Waals surface area contributed by atoms with Crippen LogP contribution in [-0.2, 0) is 18.5 Å². The predicted octanol–water partition coefficient (Wildman–Crippen LogP) is 12.9. The van der Waals surface area contributed by atoms with Gasteiger partial charge in [-0.25, -0.2) is 0 Å². The lowest BCUT2D eigenvalue weighted by Gasteiger charge is -2.30. The first-order chi connectivity index (χ1) is 18.8. The summed E-state index contributed by atoms with van der Waals surface area (Å²) in [6.45, 7) is 22.0. The highest BCUT2D eigenvalue weighted by molar-refractivity contribution is 7.75. The minimum absolute atomic E-state index is 0.918. The van der Waals surface area contributed by atoms with Gasteiger partial charge in [-0.3, -0.25) is 0 Å². The van der Waals surface area contributed by atoms with Gasteiger partial charge in [0.2, 0.25) is 0 Å². The Balaban J connectivity index is 3.68. The second-order valence-electron chi connectivity index (χ2n) is 13.2. The van der Waals surface area contributed by atoms with E-state index in [0.29, 0.717) is 0 Å². The average Bonchev–Trinajstić information content (AvgIpc) is 2.85. The highest BCUT2D eigenvalue weighted by Gasteiger charge is 2.39. The van der Waals surface area contributed by atoms with Crippen LogP contribution in [0.4, 0.5) is 0 Å². The van der Waals surface area contributed by atoms with Crippen molar-refractivity contribution in [3.05, 3.63) is 34.9 Å². The lowest BCUT2D eigenvalue weighted by molar-refractivity contribution is 0.975. The number of hydrogen-bond donors (Lipinski definition) is 0. The zero-order chi connectivity index (χ0) is 29.2. The van der Waals surface area contributed by atoms with E-state index in [4.69, 9.17) is 0 Å². The van der Waals surface area contributed by atoms with Crippen molar-refractivity contribution in [2.75, 3.05) is 55.5 Å². The van der Waals surface area contributed by atoms with Crippen molar-refractivity contribution in [3.8, 4) is 0 Å². The van der Waals surface area contributed by atoms with Crippen molar-refractivity contribution < 1.29 is 0 Å². The Morgan fingerprint density at radius 2 is 0.462 bits per heavy atom. The molecule has 0 atom stereocenters. The first kappa shape index (κ1) is 37.5. The van der Waals surface area contributed by atoms with E-state index in [1.165, 1.54) is 132 Å². The first-order valence-electron chi connectivity index (χ1n) is 17.5. The van der Waals surface area contributed by atoms with E-state index in [9.17, 15) is 0 Å². The number of hydrogen-bond acceptors (Lipinski definition) is 0. The summed E-state index contributed by atoms with van der Waals surface area (Å²) in [5.74, 6) is 0. The van der Waals surface area contributed by atoms with Crippen LogP contribution in [0.5, 0.6) is 0 Å². The molecule has 0 spiro atoms. The number of rotatable bonds is 24. The Kier molecular flexibility index (Phi) is 19.7. The third kappa shape index (κ3) is 12.7. The maximum atomic E-state index is 2.76. The molecule has 228 valence electrons. The average molecular weight is 598 g/mol. The molecule has 1 rings (SSSR count). The van der Waals surface area contributed by atoms with Crippen molar-refractivity contribution in [1.29, 1.82) is 0 Å². The fraction of sp³-hybridized carbons (Fsp3) is 0.833. The Morgan fingerprint density at radius 3 is 0.590 bits per heavy atom. The fourth-order valence-electron chi connectivity index (χ4n) is 8.26. The quantitative estimate of drug-likeness (QED) is 0.104. The van der Waals surface area contributed by atoms with Gasteiger partial charge in [0.15, 0.2) is 0 Å². The van der Waals surface area contributed by atoms with Gasteiger partial charge < -0.3 is 0 Å². The molecule has 0 bridgehead atoms. The molecule has 3 heteroatoms. The molecule has 1 aromatic carbocycles. The monoisotopic (exact) mass is 597 g/mol. The third-order valence-electron chi connectivity index (χ3n) is 8.95. The molecule has 0 saturated carbocycles. The molecule has 0 N–H and O–H groups in total. The predicted molar refractivity (Wildman–Crippen MR) is 195 cm³/mol. The van der Waals surface area contributed by atoms with Gasteiger partial charge in [-0.05, 0) is 92.7 Å². The number of benzene rings is 1. The molecule has 39 heavy (non-hydrogen) atoms. The lowest BCUT2D eigenvalue weighted by Crippen LogP contribution is -2.14. The Hall–Kier alpha value is 0.510. The third-order valence-corrected chi connectivity index (χ3v) is 24.6. The van der Waals surface area contributed by atoms with Crippen molar-refractivity contribution in [2.45, 2.75) is 139 Å².